The van der Waals surface area contributed by atoms with Crippen molar-refractivity contribution in [1.29, 1.82) is 0 Å². The van der Waals surface area contributed by atoms with Crippen molar-refractivity contribution in [3.05, 3.63) is 35.4 Å². The number of benzene rings is 1. The minimum atomic E-state index is 0.0158. The second-order valence-corrected chi connectivity index (χ2v) is 5.44. The second-order valence-electron chi connectivity index (χ2n) is 5.44. The summed E-state index contributed by atoms with van der Waals surface area (Å²) in [7, 11) is 0. The number of hydrogen-bond acceptors (Lipinski definition) is 3. The highest BCUT2D eigenvalue weighted by Crippen LogP contribution is 2.25. The standard InChI is InChI=1S/C17H29N3O/c1-5-15(18)17(14-10-8-13(4)9-11-14)20(7-3)12-16(21)19-6-2/h8-11,15,17H,5-7,12,18H2,1-4H3,(H,19,21). The van der Waals surface area contributed by atoms with Gasteiger partial charge in [0.05, 0.1) is 12.6 Å². The Morgan fingerprint density at radius 2 is 1.86 bits per heavy atom. The number of nitrogens with one attached hydrogen (secondary N) is 1. The van der Waals surface area contributed by atoms with Crippen LogP contribution < -0.4 is 11.1 Å². The molecule has 2 atom stereocenters. The van der Waals surface area contributed by atoms with Crippen LogP contribution in [0.5, 0.6) is 0 Å². The van der Waals surface area contributed by atoms with Crippen molar-refractivity contribution < 1.29 is 4.79 Å². The monoisotopic (exact) mass is 291 g/mol. The average Bonchev–Trinajstić information content (AvgIpc) is 2.48. The van der Waals surface area contributed by atoms with E-state index in [-0.39, 0.29) is 18.0 Å². The molecular formula is C17H29N3O. The van der Waals surface area contributed by atoms with E-state index in [0.29, 0.717) is 13.1 Å². The van der Waals surface area contributed by atoms with Gasteiger partial charge in [-0.05, 0) is 32.4 Å². The molecule has 0 radical (unpaired) electrons. The lowest BCUT2D eigenvalue weighted by atomic mass is 9.95. The first-order chi connectivity index (χ1) is 10.0. The molecule has 2 unspecified atom stereocenters. The fourth-order valence-corrected chi connectivity index (χ4v) is 2.56. The van der Waals surface area contributed by atoms with Gasteiger partial charge < -0.3 is 11.1 Å². The van der Waals surface area contributed by atoms with Gasteiger partial charge in [-0.1, -0.05) is 43.7 Å². The molecule has 0 fully saturated rings. The average molecular weight is 291 g/mol. The van der Waals surface area contributed by atoms with Crippen molar-refractivity contribution in [1.82, 2.24) is 10.2 Å². The van der Waals surface area contributed by atoms with Crippen LogP contribution in [0, 0.1) is 6.92 Å². The normalized spacial score (nSPS) is 14.0. The van der Waals surface area contributed by atoms with Gasteiger partial charge in [0.15, 0.2) is 0 Å². The molecule has 118 valence electrons. The first-order valence-electron chi connectivity index (χ1n) is 7.86. The highest BCUT2D eigenvalue weighted by Gasteiger charge is 2.26. The van der Waals surface area contributed by atoms with E-state index in [1.54, 1.807) is 0 Å². The van der Waals surface area contributed by atoms with E-state index in [2.05, 4.69) is 55.3 Å². The highest BCUT2D eigenvalue weighted by molar-refractivity contribution is 5.78. The lowest BCUT2D eigenvalue weighted by Gasteiger charge is -2.34. The Balaban J connectivity index is 2.98. The molecule has 0 aliphatic rings. The van der Waals surface area contributed by atoms with Crippen molar-refractivity contribution in [2.45, 2.75) is 46.2 Å². The molecule has 4 nitrogen and oxygen atoms in total. The fourth-order valence-electron chi connectivity index (χ4n) is 2.56. The van der Waals surface area contributed by atoms with E-state index in [0.717, 1.165) is 13.0 Å². The summed E-state index contributed by atoms with van der Waals surface area (Å²) in [5, 5.41) is 2.86. The van der Waals surface area contributed by atoms with Gasteiger partial charge in [-0.2, -0.15) is 0 Å². The Bertz CT molecular complexity index is 430. The van der Waals surface area contributed by atoms with Gasteiger partial charge in [0.1, 0.15) is 0 Å². The minimum Gasteiger partial charge on any atom is -0.355 e. The highest BCUT2D eigenvalue weighted by atomic mass is 16.2. The summed E-state index contributed by atoms with van der Waals surface area (Å²) < 4.78 is 0. The maximum absolute atomic E-state index is 11.9. The van der Waals surface area contributed by atoms with Crippen LogP contribution in [0.25, 0.3) is 0 Å². The van der Waals surface area contributed by atoms with Crippen molar-refractivity contribution in [2.75, 3.05) is 19.6 Å². The molecule has 0 aromatic heterocycles. The maximum atomic E-state index is 11.9. The van der Waals surface area contributed by atoms with Gasteiger partial charge in [-0.15, -0.1) is 0 Å². The van der Waals surface area contributed by atoms with Gasteiger partial charge in [-0.3, -0.25) is 9.69 Å². The molecule has 0 bridgehead atoms. The van der Waals surface area contributed by atoms with Crippen LogP contribution in [0.2, 0.25) is 0 Å². The smallest absolute Gasteiger partial charge is 0.234 e. The quantitative estimate of drug-likeness (QED) is 0.772. The zero-order valence-corrected chi connectivity index (χ0v) is 13.7. The number of carbonyl (C=O) groups excluding carboxylic acids is 1. The maximum Gasteiger partial charge on any atom is 0.234 e. The minimum absolute atomic E-state index is 0.0158. The summed E-state index contributed by atoms with van der Waals surface area (Å²) in [5.41, 5.74) is 8.75. The zero-order chi connectivity index (χ0) is 15.8. The number of amides is 1. The van der Waals surface area contributed by atoms with Crippen LogP contribution in [0.15, 0.2) is 24.3 Å². The van der Waals surface area contributed by atoms with Crippen molar-refractivity contribution in [3.8, 4) is 0 Å². The van der Waals surface area contributed by atoms with Crippen LogP contribution >= 0.6 is 0 Å². The number of carbonyl (C=O) groups is 1. The number of likely N-dealkylation sites (N-methyl/N-ethyl adjacent to an activating group) is 2. The molecule has 21 heavy (non-hydrogen) atoms. The molecule has 4 heteroatoms. The Morgan fingerprint density at radius 1 is 1.24 bits per heavy atom. The summed E-state index contributed by atoms with van der Waals surface area (Å²) >= 11 is 0. The summed E-state index contributed by atoms with van der Waals surface area (Å²) in [5.74, 6) is 0.0553. The van der Waals surface area contributed by atoms with E-state index in [9.17, 15) is 4.79 Å². The summed E-state index contributed by atoms with van der Waals surface area (Å²) in [6, 6.07) is 8.53. The van der Waals surface area contributed by atoms with Crippen LogP contribution in [0.3, 0.4) is 0 Å². The number of rotatable bonds is 8. The van der Waals surface area contributed by atoms with E-state index >= 15 is 0 Å². The first-order valence-corrected chi connectivity index (χ1v) is 7.86. The molecule has 0 aliphatic carbocycles. The molecule has 3 N–H and O–H groups in total. The molecule has 1 rings (SSSR count). The molecule has 1 amide bonds. The van der Waals surface area contributed by atoms with Gasteiger partial charge in [0.2, 0.25) is 5.91 Å². The van der Waals surface area contributed by atoms with Crippen LogP contribution in [-0.2, 0) is 4.79 Å². The van der Waals surface area contributed by atoms with Crippen LogP contribution in [0.4, 0.5) is 0 Å². The lowest BCUT2D eigenvalue weighted by Crippen LogP contribution is -2.45. The SMILES string of the molecule is CCNC(=O)CN(CC)C(c1ccc(C)cc1)C(N)CC. The van der Waals surface area contributed by atoms with Crippen molar-refractivity contribution >= 4 is 5.91 Å². The van der Waals surface area contributed by atoms with E-state index < -0.39 is 0 Å². The van der Waals surface area contributed by atoms with E-state index in [4.69, 9.17) is 5.73 Å². The molecule has 0 spiro atoms. The molecule has 0 saturated heterocycles. The summed E-state index contributed by atoms with van der Waals surface area (Å²) in [4.78, 5) is 14.1. The van der Waals surface area contributed by atoms with Crippen LogP contribution in [0.1, 0.15) is 44.4 Å². The molecule has 1 aromatic rings. The number of nitrogens with zero attached hydrogens (tertiary/aromatic N) is 1. The van der Waals surface area contributed by atoms with Gasteiger partial charge in [-0.25, -0.2) is 0 Å². The number of aryl methyl sites for hydroxylation is 1. The third-order valence-electron chi connectivity index (χ3n) is 3.82. The lowest BCUT2D eigenvalue weighted by molar-refractivity contribution is -0.122. The Morgan fingerprint density at radius 3 is 2.33 bits per heavy atom. The molecule has 0 heterocycles. The predicted octanol–water partition coefficient (Wildman–Crippen LogP) is 2.23. The number of nitrogens with two attached hydrogens (primary N) is 1. The predicted molar refractivity (Wildman–Crippen MR) is 88.1 cm³/mol. The largest absolute Gasteiger partial charge is 0.355 e. The van der Waals surface area contributed by atoms with Crippen molar-refractivity contribution in [3.63, 3.8) is 0 Å². The number of hydrogen-bond donors (Lipinski definition) is 2. The molecule has 0 saturated carbocycles. The van der Waals surface area contributed by atoms with Crippen LogP contribution in [-0.4, -0.2) is 36.5 Å². The molecule has 0 aliphatic heterocycles. The Labute approximate surface area is 128 Å². The topological polar surface area (TPSA) is 58.4 Å². The van der Waals surface area contributed by atoms with E-state index in [1.165, 1.54) is 11.1 Å². The molecular weight excluding hydrogens is 262 g/mol. The van der Waals surface area contributed by atoms with E-state index in [1.807, 2.05) is 6.92 Å². The van der Waals surface area contributed by atoms with Gasteiger partial charge in [0, 0.05) is 12.6 Å². The Hall–Kier alpha value is -1.39. The third-order valence-corrected chi connectivity index (χ3v) is 3.82. The van der Waals surface area contributed by atoms with Gasteiger partial charge in [0.25, 0.3) is 0 Å². The fraction of sp³-hybridized carbons (Fsp3) is 0.588. The Kier molecular flexibility index (Phi) is 7.40. The zero-order valence-electron chi connectivity index (χ0n) is 13.7. The first kappa shape index (κ1) is 17.7. The summed E-state index contributed by atoms with van der Waals surface area (Å²) in [6.07, 6.45) is 0.879. The second kappa shape index (κ2) is 8.80. The third kappa shape index (κ3) is 5.14. The van der Waals surface area contributed by atoms with Crippen molar-refractivity contribution in [2.24, 2.45) is 5.73 Å². The van der Waals surface area contributed by atoms with Gasteiger partial charge >= 0.3 is 0 Å². The summed E-state index contributed by atoms with van der Waals surface area (Å²) in [6.45, 7) is 10.0. The molecule has 1 aromatic carbocycles.